The number of carbonyl (C=O) groups excluding carboxylic acids is 1. The molecule has 19 heavy (non-hydrogen) atoms. The standard InChI is InChI=1S/C14H20N4O/c1-9-6-13(16-10(2)15-9)18-7-12(8-18)17-14(19)11-4-3-5-11/h6,11-12H,3-5,7-8H2,1-2H3,(H,17,19). The number of hydrogen-bond donors (Lipinski definition) is 1. The SMILES string of the molecule is Cc1cc(N2CC(NC(=O)C3CCC3)C2)nc(C)n1. The third-order valence-corrected chi connectivity index (χ3v) is 3.98. The van der Waals surface area contributed by atoms with E-state index in [4.69, 9.17) is 0 Å². The second-order valence-electron chi connectivity index (χ2n) is 5.65. The van der Waals surface area contributed by atoms with Gasteiger partial charge in [-0.1, -0.05) is 6.42 Å². The van der Waals surface area contributed by atoms with E-state index in [2.05, 4.69) is 20.2 Å². The number of aryl methyl sites for hydroxylation is 2. The zero-order valence-electron chi connectivity index (χ0n) is 11.5. The molecule has 0 unspecified atom stereocenters. The minimum absolute atomic E-state index is 0.242. The average molecular weight is 260 g/mol. The second kappa shape index (κ2) is 4.79. The predicted octanol–water partition coefficient (Wildman–Crippen LogP) is 1.20. The van der Waals surface area contributed by atoms with Crippen LogP contribution in [0.5, 0.6) is 0 Å². The molecule has 1 aliphatic heterocycles. The fraction of sp³-hybridized carbons (Fsp3) is 0.643. The molecule has 0 radical (unpaired) electrons. The van der Waals surface area contributed by atoms with Gasteiger partial charge in [-0.3, -0.25) is 4.79 Å². The number of anilines is 1. The van der Waals surface area contributed by atoms with Crippen LogP contribution in [0.25, 0.3) is 0 Å². The summed E-state index contributed by atoms with van der Waals surface area (Å²) >= 11 is 0. The normalized spacial score (nSPS) is 19.8. The molecule has 5 nitrogen and oxygen atoms in total. The van der Waals surface area contributed by atoms with Crippen molar-refractivity contribution in [1.29, 1.82) is 0 Å². The lowest BCUT2D eigenvalue weighted by atomic mass is 9.84. The molecule has 0 aromatic carbocycles. The highest BCUT2D eigenvalue weighted by atomic mass is 16.2. The first-order valence-electron chi connectivity index (χ1n) is 6.99. The van der Waals surface area contributed by atoms with Gasteiger partial charge >= 0.3 is 0 Å². The summed E-state index contributed by atoms with van der Waals surface area (Å²) < 4.78 is 0. The Balaban J connectivity index is 1.53. The Kier molecular flexibility index (Phi) is 3.12. The Morgan fingerprint density at radius 2 is 2.05 bits per heavy atom. The molecule has 3 rings (SSSR count). The number of nitrogens with one attached hydrogen (secondary N) is 1. The van der Waals surface area contributed by atoms with E-state index in [1.54, 1.807) is 0 Å². The molecule has 1 aromatic heterocycles. The Morgan fingerprint density at radius 1 is 1.32 bits per heavy atom. The van der Waals surface area contributed by atoms with Crippen LogP contribution in [-0.4, -0.2) is 35.0 Å². The highest BCUT2D eigenvalue weighted by Crippen LogP contribution is 2.27. The number of rotatable bonds is 3. The highest BCUT2D eigenvalue weighted by Gasteiger charge is 2.32. The number of nitrogens with zero attached hydrogens (tertiary/aromatic N) is 3. The molecule has 0 bridgehead atoms. The molecule has 0 spiro atoms. The highest BCUT2D eigenvalue weighted by molar-refractivity contribution is 5.80. The van der Waals surface area contributed by atoms with Crippen LogP contribution in [0.1, 0.15) is 30.8 Å². The van der Waals surface area contributed by atoms with Gasteiger partial charge in [-0.15, -0.1) is 0 Å². The molecule has 1 saturated carbocycles. The number of aromatic nitrogens is 2. The summed E-state index contributed by atoms with van der Waals surface area (Å²) in [5.74, 6) is 2.29. The van der Waals surface area contributed by atoms with Crippen LogP contribution in [0.2, 0.25) is 0 Å². The topological polar surface area (TPSA) is 58.1 Å². The molecule has 1 aromatic rings. The summed E-state index contributed by atoms with van der Waals surface area (Å²) in [6, 6.07) is 2.28. The minimum Gasteiger partial charge on any atom is -0.352 e. The molecule has 5 heteroatoms. The lowest BCUT2D eigenvalue weighted by molar-refractivity contribution is -0.128. The van der Waals surface area contributed by atoms with Crippen LogP contribution < -0.4 is 10.2 Å². The predicted molar refractivity (Wildman–Crippen MR) is 73.0 cm³/mol. The molecule has 0 atom stereocenters. The molecular formula is C14H20N4O. The van der Waals surface area contributed by atoms with E-state index in [0.29, 0.717) is 0 Å². The molecule has 2 heterocycles. The van der Waals surface area contributed by atoms with Gasteiger partial charge in [0.15, 0.2) is 0 Å². The van der Waals surface area contributed by atoms with Gasteiger partial charge < -0.3 is 10.2 Å². The van der Waals surface area contributed by atoms with E-state index in [-0.39, 0.29) is 17.9 Å². The van der Waals surface area contributed by atoms with Crippen LogP contribution in [0, 0.1) is 19.8 Å². The Morgan fingerprint density at radius 3 is 2.63 bits per heavy atom. The van der Waals surface area contributed by atoms with Gasteiger partial charge in [0.2, 0.25) is 5.91 Å². The van der Waals surface area contributed by atoms with Crippen molar-refractivity contribution < 1.29 is 4.79 Å². The number of carbonyl (C=O) groups is 1. The first-order valence-corrected chi connectivity index (χ1v) is 6.99. The Bertz CT molecular complexity index is 472. The quantitative estimate of drug-likeness (QED) is 0.887. The fourth-order valence-corrected chi connectivity index (χ4v) is 2.61. The number of hydrogen-bond acceptors (Lipinski definition) is 4. The van der Waals surface area contributed by atoms with Gasteiger partial charge in [0.05, 0.1) is 6.04 Å². The number of amides is 1. The molecule has 1 saturated heterocycles. The molecule has 2 aliphatic rings. The molecular weight excluding hydrogens is 240 g/mol. The molecule has 2 fully saturated rings. The maximum atomic E-state index is 11.8. The van der Waals surface area contributed by atoms with Gasteiger partial charge in [-0.25, -0.2) is 9.97 Å². The van der Waals surface area contributed by atoms with E-state index in [1.807, 2.05) is 19.9 Å². The van der Waals surface area contributed by atoms with Crippen molar-refractivity contribution in [3.63, 3.8) is 0 Å². The van der Waals surface area contributed by atoms with Crippen LogP contribution >= 0.6 is 0 Å². The fourth-order valence-electron chi connectivity index (χ4n) is 2.61. The monoisotopic (exact) mass is 260 g/mol. The van der Waals surface area contributed by atoms with Gasteiger partial charge in [-0.2, -0.15) is 0 Å². The summed E-state index contributed by atoms with van der Waals surface area (Å²) in [7, 11) is 0. The third-order valence-electron chi connectivity index (χ3n) is 3.98. The second-order valence-corrected chi connectivity index (χ2v) is 5.65. The van der Waals surface area contributed by atoms with Crippen LogP contribution in [0.15, 0.2) is 6.07 Å². The average Bonchev–Trinajstić information content (AvgIpc) is 2.18. The van der Waals surface area contributed by atoms with Crippen molar-refractivity contribution >= 4 is 11.7 Å². The van der Waals surface area contributed by atoms with Crippen molar-refractivity contribution in [3.05, 3.63) is 17.6 Å². The van der Waals surface area contributed by atoms with E-state index >= 15 is 0 Å². The van der Waals surface area contributed by atoms with Gasteiger partial charge in [0, 0.05) is 30.8 Å². The first kappa shape index (κ1) is 12.4. The van der Waals surface area contributed by atoms with E-state index in [9.17, 15) is 4.79 Å². The lowest BCUT2D eigenvalue weighted by Crippen LogP contribution is -2.60. The minimum atomic E-state index is 0.242. The summed E-state index contributed by atoms with van der Waals surface area (Å²) in [6.45, 7) is 5.60. The Hall–Kier alpha value is -1.65. The van der Waals surface area contributed by atoms with Gasteiger partial charge in [0.25, 0.3) is 0 Å². The third kappa shape index (κ3) is 2.55. The largest absolute Gasteiger partial charge is 0.352 e. The van der Waals surface area contributed by atoms with Crippen LogP contribution in [0.3, 0.4) is 0 Å². The maximum Gasteiger partial charge on any atom is 0.223 e. The Labute approximate surface area is 113 Å². The molecule has 1 aliphatic carbocycles. The first-order chi connectivity index (χ1) is 9.11. The van der Waals surface area contributed by atoms with Crippen molar-refractivity contribution in [2.45, 2.75) is 39.2 Å². The summed E-state index contributed by atoms with van der Waals surface area (Å²) in [5.41, 5.74) is 0.990. The van der Waals surface area contributed by atoms with Crippen molar-refractivity contribution in [2.75, 3.05) is 18.0 Å². The van der Waals surface area contributed by atoms with E-state index < -0.39 is 0 Å². The smallest absolute Gasteiger partial charge is 0.223 e. The van der Waals surface area contributed by atoms with Crippen LogP contribution in [-0.2, 0) is 4.79 Å². The summed E-state index contributed by atoms with van der Waals surface area (Å²) in [4.78, 5) is 22.7. The molecule has 102 valence electrons. The van der Waals surface area contributed by atoms with E-state index in [0.717, 1.165) is 43.3 Å². The van der Waals surface area contributed by atoms with Gasteiger partial charge in [-0.05, 0) is 26.7 Å². The van der Waals surface area contributed by atoms with Crippen molar-refractivity contribution in [1.82, 2.24) is 15.3 Å². The van der Waals surface area contributed by atoms with Crippen LogP contribution in [0.4, 0.5) is 5.82 Å². The summed E-state index contributed by atoms with van der Waals surface area (Å²) in [6.07, 6.45) is 3.33. The maximum absolute atomic E-state index is 11.8. The van der Waals surface area contributed by atoms with Crippen molar-refractivity contribution in [3.8, 4) is 0 Å². The zero-order chi connectivity index (χ0) is 13.4. The summed E-state index contributed by atoms with van der Waals surface area (Å²) in [5, 5.41) is 3.12. The van der Waals surface area contributed by atoms with E-state index in [1.165, 1.54) is 6.42 Å². The van der Waals surface area contributed by atoms with Gasteiger partial charge in [0.1, 0.15) is 11.6 Å². The zero-order valence-corrected chi connectivity index (χ0v) is 11.5. The lowest BCUT2D eigenvalue weighted by Gasteiger charge is -2.41. The molecule has 1 amide bonds. The molecule has 1 N–H and O–H groups in total. The van der Waals surface area contributed by atoms with Crippen molar-refractivity contribution in [2.24, 2.45) is 5.92 Å².